The van der Waals surface area contributed by atoms with Gasteiger partial charge in [0.1, 0.15) is 5.82 Å². The van der Waals surface area contributed by atoms with E-state index in [0.717, 1.165) is 42.5 Å². The molecule has 0 saturated carbocycles. The van der Waals surface area contributed by atoms with Crippen molar-refractivity contribution in [3.63, 3.8) is 0 Å². The molecule has 1 aliphatic heterocycles. The first kappa shape index (κ1) is 15.0. The van der Waals surface area contributed by atoms with Gasteiger partial charge in [0.2, 0.25) is 0 Å². The predicted molar refractivity (Wildman–Crippen MR) is 89.5 cm³/mol. The van der Waals surface area contributed by atoms with Crippen LogP contribution in [0.25, 0.3) is 0 Å². The van der Waals surface area contributed by atoms with E-state index in [1.165, 1.54) is 17.7 Å². The summed E-state index contributed by atoms with van der Waals surface area (Å²) < 4.78 is 13.0. The number of thioether (sulfide) groups is 1. The largest absolute Gasteiger partial charge is 0.347 e. The molecular weight excluding hydrogens is 297 g/mol. The SMILES string of the molecule is Fc1ccc(CCN(Cc2cccnc2)C2=NCCS2)cc1. The molecule has 3 rings (SSSR count). The van der Waals surface area contributed by atoms with Crippen LogP contribution >= 0.6 is 11.8 Å². The molecule has 0 unspecified atom stereocenters. The van der Waals surface area contributed by atoms with E-state index in [-0.39, 0.29) is 5.82 Å². The average molecular weight is 315 g/mol. The summed E-state index contributed by atoms with van der Waals surface area (Å²) in [7, 11) is 0. The van der Waals surface area contributed by atoms with Crippen LogP contribution in [0.2, 0.25) is 0 Å². The van der Waals surface area contributed by atoms with Crippen molar-refractivity contribution in [3.05, 3.63) is 65.7 Å². The maximum atomic E-state index is 13.0. The summed E-state index contributed by atoms with van der Waals surface area (Å²) in [5.74, 6) is 0.863. The van der Waals surface area contributed by atoms with Gasteiger partial charge in [-0.15, -0.1) is 0 Å². The summed E-state index contributed by atoms with van der Waals surface area (Å²) >= 11 is 1.80. The van der Waals surface area contributed by atoms with Gasteiger partial charge in [-0.3, -0.25) is 9.98 Å². The maximum Gasteiger partial charge on any atom is 0.159 e. The molecule has 5 heteroatoms. The highest BCUT2D eigenvalue weighted by Crippen LogP contribution is 2.18. The predicted octanol–water partition coefficient (Wildman–Crippen LogP) is 3.37. The maximum absolute atomic E-state index is 13.0. The van der Waals surface area contributed by atoms with Crippen LogP contribution in [-0.4, -0.2) is 33.9 Å². The van der Waals surface area contributed by atoms with Crippen LogP contribution in [0, 0.1) is 5.82 Å². The molecule has 0 spiro atoms. The Hall–Kier alpha value is -1.88. The first-order chi connectivity index (χ1) is 10.8. The summed E-state index contributed by atoms with van der Waals surface area (Å²) in [5, 5.41) is 1.10. The zero-order chi connectivity index (χ0) is 15.2. The van der Waals surface area contributed by atoms with Crippen LogP contribution in [0.5, 0.6) is 0 Å². The highest BCUT2D eigenvalue weighted by molar-refractivity contribution is 8.14. The number of pyridine rings is 1. The number of hydrogen-bond acceptors (Lipinski definition) is 4. The van der Waals surface area contributed by atoms with Crippen LogP contribution in [-0.2, 0) is 13.0 Å². The molecule has 114 valence electrons. The molecule has 2 aromatic rings. The number of hydrogen-bond donors (Lipinski definition) is 0. The first-order valence-corrected chi connectivity index (χ1v) is 8.35. The molecule has 0 saturated heterocycles. The Bertz CT molecular complexity index is 628. The van der Waals surface area contributed by atoms with E-state index in [2.05, 4.69) is 20.9 Å². The molecule has 1 aromatic heterocycles. The second-order valence-corrected chi connectivity index (χ2v) is 6.23. The number of halogens is 1. The third kappa shape index (κ3) is 4.07. The van der Waals surface area contributed by atoms with Crippen LogP contribution in [0.15, 0.2) is 53.8 Å². The lowest BCUT2D eigenvalue weighted by Crippen LogP contribution is -2.29. The van der Waals surface area contributed by atoms with Crippen molar-refractivity contribution in [2.45, 2.75) is 13.0 Å². The molecule has 0 bridgehead atoms. The lowest BCUT2D eigenvalue weighted by atomic mass is 10.1. The fraction of sp³-hybridized carbons (Fsp3) is 0.294. The quantitative estimate of drug-likeness (QED) is 0.847. The molecule has 1 aliphatic rings. The summed E-state index contributed by atoms with van der Waals surface area (Å²) in [4.78, 5) is 11.1. The van der Waals surface area contributed by atoms with E-state index in [1.54, 1.807) is 18.0 Å². The fourth-order valence-electron chi connectivity index (χ4n) is 2.38. The van der Waals surface area contributed by atoms with Crippen molar-refractivity contribution in [2.24, 2.45) is 4.99 Å². The Kier molecular flexibility index (Phi) is 5.06. The molecule has 0 amide bonds. The number of nitrogens with zero attached hydrogens (tertiary/aromatic N) is 3. The van der Waals surface area contributed by atoms with Crippen LogP contribution in [0.1, 0.15) is 11.1 Å². The zero-order valence-electron chi connectivity index (χ0n) is 12.3. The lowest BCUT2D eigenvalue weighted by molar-refractivity contribution is 0.424. The van der Waals surface area contributed by atoms with Crippen LogP contribution < -0.4 is 0 Å². The Morgan fingerprint density at radius 2 is 2.00 bits per heavy atom. The van der Waals surface area contributed by atoms with Crippen molar-refractivity contribution >= 4 is 16.9 Å². The molecule has 0 fully saturated rings. The Morgan fingerprint density at radius 3 is 2.68 bits per heavy atom. The van der Waals surface area contributed by atoms with Crippen molar-refractivity contribution in [1.29, 1.82) is 0 Å². The molecule has 3 nitrogen and oxygen atoms in total. The smallest absolute Gasteiger partial charge is 0.159 e. The highest BCUT2D eigenvalue weighted by Gasteiger charge is 2.16. The van der Waals surface area contributed by atoms with Gasteiger partial charge in [-0.1, -0.05) is 30.0 Å². The highest BCUT2D eigenvalue weighted by atomic mass is 32.2. The summed E-state index contributed by atoms with van der Waals surface area (Å²) in [6.07, 6.45) is 4.55. The minimum absolute atomic E-state index is 0.188. The molecular formula is C17H18FN3S. The Balaban J connectivity index is 1.67. The molecule has 0 radical (unpaired) electrons. The molecule has 1 aromatic carbocycles. The average Bonchev–Trinajstić information content (AvgIpc) is 3.08. The molecule has 22 heavy (non-hydrogen) atoms. The summed E-state index contributed by atoms with van der Waals surface area (Å²) in [6.45, 7) is 2.56. The van der Waals surface area contributed by atoms with Crippen molar-refractivity contribution in [1.82, 2.24) is 9.88 Å². The minimum Gasteiger partial charge on any atom is -0.347 e. The monoisotopic (exact) mass is 315 g/mol. The zero-order valence-corrected chi connectivity index (χ0v) is 13.1. The van der Waals surface area contributed by atoms with E-state index in [4.69, 9.17) is 0 Å². The van der Waals surface area contributed by atoms with Crippen molar-refractivity contribution in [3.8, 4) is 0 Å². The molecule has 0 atom stereocenters. The van der Waals surface area contributed by atoms with Gasteiger partial charge >= 0.3 is 0 Å². The third-order valence-electron chi connectivity index (χ3n) is 3.52. The van der Waals surface area contributed by atoms with E-state index in [1.807, 2.05) is 24.4 Å². The van der Waals surface area contributed by atoms with Crippen molar-refractivity contribution in [2.75, 3.05) is 18.8 Å². The van der Waals surface area contributed by atoms with E-state index in [0.29, 0.717) is 0 Å². The number of benzene rings is 1. The van der Waals surface area contributed by atoms with Crippen molar-refractivity contribution < 1.29 is 4.39 Å². The topological polar surface area (TPSA) is 28.5 Å². The van der Waals surface area contributed by atoms with Gasteiger partial charge in [0, 0.05) is 31.2 Å². The lowest BCUT2D eigenvalue weighted by Gasteiger charge is -2.24. The molecule has 0 N–H and O–H groups in total. The minimum atomic E-state index is -0.188. The van der Waals surface area contributed by atoms with Gasteiger partial charge in [0.05, 0.1) is 6.54 Å². The van der Waals surface area contributed by atoms with Crippen LogP contribution in [0.4, 0.5) is 4.39 Å². The Labute approximate surface area is 134 Å². The second-order valence-electron chi connectivity index (χ2n) is 5.17. The number of aliphatic imine (C=N–C) groups is 1. The molecule has 0 aliphatic carbocycles. The standard InChI is InChI=1S/C17H18FN3S/c18-16-5-3-14(4-6-16)7-10-21(17-20-9-11-22-17)13-15-2-1-8-19-12-15/h1-6,8,12H,7,9-11,13H2. The van der Waals surface area contributed by atoms with Gasteiger partial charge in [-0.25, -0.2) is 4.39 Å². The van der Waals surface area contributed by atoms with E-state index >= 15 is 0 Å². The normalized spacial score (nSPS) is 14.0. The fourth-order valence-corrected chi connectivity index (χ4v) is 3.27. The van der Waals surface area contributed by atoms with E-state index < -0.39 is 0 Å². The van der Waals surface area contributed by atoms with Gasteiger partial charge < -0.3 is 4.90 Å². The molecule has 2 heterocycles. The first-order valence-electron chi connectivity index (χ1n) is 7.37. The number of amidine groups is 1. The van der Waals surface area contributed by atoms with Gasteiger partial charge in [-0.2, -0.15) is 0 Å². The van der Waals surface area contributed by atoms with Gasteiger partial charge in [-0.05, 0) is 35.7 Å². The summed E-state index contributed by atoms with van der Waals surface area (Å²) in [5.41, 5.74) is 2.32. The second kappa shape index (κ2) is 7.40. The third-order valence-corrected chi connectivity index (χ3v) is 4.55. The van der Waals surface area contributed by atoms with Crippen LogP contribution in [0.3, 0.4) is 0 Å². The van der Waals surface area contributed by atoms with E-state index in [9.17, 15) is 4.39 Å². The van der Waals surface area contributed by atoms with Gasteiger partial charge in [0.15, 0.2) is 5.17 Å². The summed E-state index contributed by atoms with van der Waals surface area (Å²) in [6, 6.07) is 10.8. The van der Waals surface area contributed by atoms with Gasteiger partial charge in [0.25, 0.3) is 0 Å². The number of aromatic nitrogens is 1. The Morgan fingerprint density at radius 1 is 1.14 bits per heavy atom. The number of rotatable bonds is 5.